The van der Waals surface area contributed by atoms with Crippen LogP contribution in [0.4, 0.5) is 5.69 Å². The Morgan fingerprint density at radius 1 is 0.268 bits per heavy atom. The zero-order valence-electron chi connectivity index (χ0n) is 79.6. The Labute approximate surface area is 873 Å². The fourth-order valence-electron chi connectivity index (χ4n) is 16.6. The third-order valence-corrected chi connectivity index (χ3v) is 38.0. The Morgan fingerprint density at radius 3 is 0.923 bits per heavy atom. The molecule has 2 atom stereocenters. The number of hydrogen-bond donors (Lipinski definition) is 0. The number of fused-ring (bicyclic) bond motifs is 7. The first-order valence-electron chi connectivity index (χ1n) is 46.1. The van der Waals surface area contributed by atoms with Crippen molar-refractivity contribution in [1.82, 2.24) is 0 Å². The van der Waals surface area contributed by atoms with Crippen LogP contribution in [-0.2, 0) is 130 Å². The molecule has 16 nitrogen and oxygen atoms in total. The van der Waals surface area contributed by atoms with Crippen molar-refractivity contribution in [3.05, 3.63) is 399 Å². The van der Waals surface area contributed by atoms with Crippen LogP contribution in [0.1, 0.15) is 50.1 Å². The van der Waals surface area contributed by atoms with Crippen LogP contribution in [-0.4, -0.2) is 88.3 Å². The number of hydrogen-bond acceptors (Lipinski definition) is 19. The summed E-state index contributed by atoms with van der Waals surface area (Å²) in [4.78, 5) is 12.5. The summed E-state index contributed by atoms with van der Waals surface area (Å²) >= 11 is 24.7. The van der Waals surface area contributed by atoms with Crippen LogP contribution in [0.15, 0.2) is 407 Å². The molecule has 0 aliphatic carbocycles. The van der Waals surface area contributed by atoms with Gasteiger partial charge in [-0.15, -0.1) is 11.8 Å². The predicted molar refractivity (Wildman–Crippen MR) is 589 cm³/mol. The van der Waals surface area contributed by atoms with Gasteiger partial charge in [-0.25, -0.2) is 33.7 Å². The monoisotopic (exact) mass is 2110 g/mol. The number of sulfonamides is 2. The lowest BCUT2D eigenvalue weighted by atomic mass is 9.64. The largest absolute Gasteiger partial charge is 0.427 e. The summed E-state index contributed by atoms with van der Waals surface area (Å²) in [7, 11) is -14.6. The topological polar surface area (TPSA) is 204 Å². The van der Waals surface area contributed by atoms with Gasteiger partial charge < -0.3 is 32.6 Å². The first kappa shape index (κ1) is 106. The van der Waals surface area contributed by atoms with Crippen molar-refractivity contribution in [3.63, 3.8) is 0 Å². The fraction of sp³-hybridized carbons (Fsp3) is 0.159. The van der Waals surface area contributed by atoms with Gasteiger partial charge in [-0.05, 0) is 310 Å². The SMILES string of the molecule is CB1OCc2cc(N(S(=O)(=O)c3ccccc3)S(=O)(=O)c3ccccc3)ccc21.CB1OCc2ccc(S(=O)(=O)c3ccc(Cl)cc3)cc21.CB1OCc2ccc(S(=O)c3ccc(C)cc3)cc21.CB1OCc2ccc(S(=O)c3ccc(Cl)cc3)cc21.CB1OCc2ccc(Sc3ccc(C)cc3)cc21.CB1OCc2ccc(Sc3ccc(Cl)cc3)cc21.CSc1ccc(Sc2ccc3c(c2)B(C)OC3)cc1. The highest BCUT2D eigenvalue weighted by atomic mass is 35.5. The highest BCUT2D eigenvalue weighted by molar-refractivity contribution is 8.10. The van der Waals surface area contributed by atoms with Crippen LogP contribution in [0.2, 0.25) is 62.8 Å². The molecular weight excluding hydrogens is 2010 g/mol. The Bertz CT molecular complexity index is 7160. The lowest BCUT2D eigenvalue weighted by molar-refractivity contribution is 0.333. The van der Waals surface area contributed by atoms with Crippen LogP contribution < -0.4 is 42.0 Å². The van der Waals surface area contributed by atoms with Crippen LogP contribution in [0.5, 0.6) is 0 Å². The molecule has 7 heterocycles. The molecule has 7 aliphatic rings. The molecule has 7 aliphatic heterocycles. The highest BCUT2D eigenvalue weighted by Crippen LogP contribution is 2.37. The summed E-state index contributed by atoms with van der Waals surface area (Å²) in [6, 6.07) is 103. The van der Waals surface area contributed by atoms with Crippen molar-refractivity contribution in [1.29, 1.82) is 0 Å². The van der Waals surface area contributed by atoms with E-state index in [4.69, 9.17) is 67.4 Å². The molecular formula is C107H99B7Cl3NO15S9. The minimum atomic E-state index is -4.39. The predicted octanol–water partition coefficient (Wildman–Crippen LogP) is 21.8. The minimum Gasteiger partial charge on any atom is -0.427 e. The van der Waals surface area contributed by atoms with Gasteiger partial charge in [0.25, 0.3) is 20.0 Å². The van der Waals surface area contributed by atoms with E-state index in [1.54, 1.807) is 121 Å². The Kier molecular flexibility index (Phi) is 35.6. The maximum absolute atomic E-state index is 13.4. The van der Waals surface area contributed by atoms with Gasteiger partial charge >= 0.3 is 48.4 Å². The fourth-order valence-corrected chi connectivity index (χ4v) is 27.2. The van der Waals surface area contributed by atoms with Gasteiger partial charge in [-0.3, -0.25) is 0 Å². The molecule has 15 aromatic rings. The standard InChI is InChI=1S/C20H18BNO5S2.C15H15BO2S.C15H15BOS2.C15H15BOS.C14H12BClO3S.C14H12BClO2S.C14H12BClOS/c1-21-20-13-12-17(14-16(20)15-27-21)22(28(23,24)18-8-4-2-5-9-18)29(25,26)19-10-6-3-7-11-19;1-11-3-6-13(7-4-11)19(17)14-8-5-12-10-18-16(2)15(12)9-14;1-16-15-9-14(4-3-11(15)10-17-16)19-13-7-5-12(18-2)6-8-13;1-11-3-6-13(7-4-11)18-14-8-5-12-10-17-16(2)15(12)9-14;1-15-14-8-13(5-2-10(14)9-19-15)20(17,18)12-6-3-11(16)4-7-12;1-15-14-8-13(5-2-10(14)9-18-15)19(17)12-6-3-11(16)4-7-12;1-15-14-8-13(5-2-10(14)9-17-15)18-12-6-3-11(16)4-7-12/h2-14H,15H2,1H3;2*3-9H,10H2,1-2H3;3-9H,10H2,1-2H3;2-8H,9H2,1H3;2-8H,9H2,1H3;2-8H,9H2,1H3. The summed E-state index contributed by atoms with van der Waals surface area (Å²) in [5.41, 5.74) is 18.9. The molecule has 0 radical (unpaired) electrons. The number of sulfone groups is 1. The second-order valence-corrected chi connectivity index (χ2v) is 48.9. The summed E-state index contributed by atoms with van der Waals surface area (Å²) in [5, 5.41) is 1.94. The molecule has 718 valence electrons. The molecule has 15 aromatic carbocycles. The molecule has 0 N–H and O–H groups in total. The quantitative estimate of drug-likeness (QED) is 0.0578. The number of aryl methyl sites for hydroxylation is 2. The van der Waals surface area contributed by atoms with Crippen molar-refractivity contribution in [2.45, 2.75) is 181 Å². The molecule has 0 amide bonds. The van der Waals surface area contributed by atoms with Crippen molar-refractivity contribution in [2.75, 3.05) is 9.97 Å². The van der Waals surface area contributed by atoms with E-state index >= 15 is 0 Å². The molecule has 2 unspecified atom stereocenters. The number of benzene rings is 15. The Morgan fingerprint density at radius 2 is 0.542 bits per heavy atom. The van der Waals surface area contributed by atoms with Gasteiger partial charge in [-0.1, -0.05) is 250 Å². The summed E-state index contributed by atoms with van der Waals surface area (Å²) in [6.45, 7) is 23.4. The van der Waals surface area contributed by atoms with Crippen molar-refractivity contribution in [3.8, 4) is 0 Å². The second kappa shape index (κ2) is 47.9. The third-order valence-electron chi connectivity index (χ3n) is 24.8. The number of anilines is 1. The average Bonchev–Trinajstić information content (AvgIpc) is 1.21. The summed E-state index contributed by atoms with van der Waals surface area (Å²) in [6.07, 6.45) is 2.10. The molecule has 0 bridgehead atoms. The van der Waals surface area contributed by atoms with Crippen LogP contribution >= 0.6 is 81.9 Å². The van der Waals surface area contributed by atoms with E-state index in [1.807, 2.05) is 149 Å². The molecule has 35 heteroatoms. The molecule has 22 rings (SSSR count). The molecule has 142 heavy (non-hydrogen) atoms. The summed E-state index contributed by atoms with van der Waals surface area (Å²) in [5.74, 6) is 0. The van der Waals surface area contributed by atoms with Gasteiger partial charge in [-0.2, -0.15) is 3.71 Å². The smallest absolute Gasteiger partial charge is 0.324 e. The van der Waals surface area contributed by atoms with Gasteiger partial charge in [0.15, 0.2) is 0 Å². The van der Waals surface area contributed by atoms with E-state index in [2.05, 4.69) is 137 Å². The highest BCUT2D eigenvalue weighted by Gasteiger charge is 2.39. The van der Waals surface area contributed by atoms with E-state index in [1.165, 1.54) is 132 Å². The third kappa shape index (κ3) is 26.0. The van der Waals surface area contributed by atoms with Gasteiger partial charge in [0.2, 0.25) is 9.84 Å². The number of rotatable bonds is 18. The number of halogens is 3. The first-order chi connectivity index (χ1) is 68.3. The normalized spacial score (nSPS) is 14.3. The van der Waals surface area contributed by atoms with Crippen molar-refractivity contribution in [2.24, 2.45) is 0 Å². The lowest BCUT2D eigenvalue weighted by Crippen LogP contribution is -2.37. The maximum Gasteiger partial charge on any atom is 0.324 e. The van der Waals surface area contributed by atoms with Crippen LogP contribution in [0.3, 0.4) is 0 Å². The average molecular weight is 2110 g/mol. The van der Waals surface area contributed by atoms with E-state index in [9.17, 15) is 33.7 Å². The van der Waals surface area contributed by atoms with Crippen molar-refractivity contribution >= 4 is 226 Å². The number of thioether (sulfide) groups is 1. The van der Waals surface area contributed by atoms with Gasteiger partial charge in [0.1, 0.15) is 0 Å². The first-order valence-corrected chi connectivity index (χ1v) is 57.6. The maximum atomic E-state index is 13.4. The second-order valence-electron chi connectivity index (χ2n) is 34.6. The molecule has 0 aromatic heterocycles. The van der Waals surface area contributed by atoms with E-state index in [0.717, 1.165) is 77.4 Å². The molecule has 0 fully saturated rings. The van der Waals surface area contributed by atoms with E-state index < -0.39 is 51.5 Å². The van der Waals surface area contributed by atoms with E-state index in [0.29, 0.717) is 40.2 Å². The zero-order valence-corrected chi connectivity index (χ0v) is 89.2. The molecule has 0 spiro atoms. The van der Waals surface area contributed by atoms with Crippen LogP contribution in [0.25, 0.3) is 0 Å². The van der Waals surface area contributed by atoms with Gasteiger partial charge in [0, 0.05) is 68.9 Å². The minimum absolute atomic E-state index is 0.0501. The van der Waals surface area contributed by atoms with Gasteiger partial charge in [0.05, 0.1) is 93.1 Å². The molecule has 0 saturated heterocycles. The lowest BCUT2D eigenvalue weighted by Gasteiger charge is -2.24. The Hall–Kier alpha value is -9.31. The zero-order chi connectivity index (χ0) is 100. The molecule has 0 saturated carbocycles. The van der Waals surface area contributed by atoms with Crippen molar-refractivity contribution < 1.29 is 66.3 Å². The van der Waals surface area contributed by atoms with Crippen LogP contribution in [0, 0.1) is 13.8 Å². The number of nitrogens with zero attached hydrogens (tertiary/aromatic N) is 1. The summed E-state index contributed by atoms with van der Waals surface area (Å²) < 4.78 is 144. The Balaban J connectivity index is 0.000000120. The van der Waals surface area contributed by atoms with E-state index in [-0.39, 0.29) is 73.7 Å².